The van der Waals surface area contributed by atoms with Crippen LogP contribution in [0.25, 0.3) is 22.2 Å². The SMILES string of the molecule is CSC(CNc1cc(-c2ccc(C)nc2)ncn1)c1cccc2ccc(N)nc12. The Morgan fingerprint density at radius 1 is 1.07 bits per heavy atom. The molecule has 0 bridgehead atoms. The van der Waals surface area contributed by atoms with E-state index in [1.165, 1.54) is 0 Å². The molecule has 4 aromatic rings. The third-order valence-electron chi connectivity index (χ3n) is 4.75. The van der Waals surface area contributed by atoms with Crippen LogP contribution in [0.5, 0.6) is 0 Å². The first-order valence-corrected chi connectivity index (χ1v) is 10.6. The molecule has 0 saturated heterocycles. The predicted octanol–water partition coefficient (Wildman–Crippen LogP) is 4.49. The van der Waals surface area contributed by atoms with Crippen LogP contribution in [0.1, 0.15) is 16.5 Å². The zero-order valence-corrected chi connectivity index (χ0v) is 17.1. The molecule has 0 aliphatic carbocycles. The second kappa shape index (κ2) is 8.45. The van der Waals surface area contributed by atoms with Crippen LogP contribution >= 0.6 is 11.8 Å². The first-order chi connectivity index (χ1) is 14.1. The zero-order valence-electron chi connectivity index (χ0n) is 16.3. The molecule has 0 aliphatic heterocycles. The fourth-order valence-electron chi connectivity index (χ4n) is 3.19. The average molecular weight is 403 g/mol. The van der Waals surface area contributed by atoms with Gasteiger partial charge in [0.1, 0.15) is 18.0 Å². The van der Waals surface area contributed by atoms with E-state index < -0.39 is 0 Å². The van der Waals surface area contributed by atoms with Crippen LogP contribution in [0.15, 0.2) is 61.1 Å². The van der Waals surface area contributed by atoms with Crippen LogP contribution in [0.2, 0.25) is 0 Å². The molecule has 146 valence electrons. The van der Waals surface area contributed by atoms with Crippen molar-refractivity contribution in [2.75, 3.05) is 23.9 Å². The number of aryl methyl sites for hydroxylation is 1. The van der Waals surface area contributed by atoms with Crippen molar-refractivity contribution in [2.45, 2.75) is 12.2 Å². The summed E-state index contributed by atoms with van der Waals surface area (Å²) < 4.78 is 0. The van der Waals surface area contributed by atoms with E-state index in [4.69, 9.17) is 5.73 Å². The molecule has 1 unspecified atom stereocenters. The number of hydrogen-bond acceptors (Lipinski definition) is 7. The van der Waals surface area contributed by atoms with Gasteiger partial charge in [0.25, 0.3) is 0 Å². The van der Waals surface area contributed by atoms with Gasteiger partial charge in [-0.05, 0) is 43.0 Å². The van der Waals surface area contributed by atoms with Gasteiger partial charge in [-0.15, -0.1) is 0 Å². The lowest BCUT2D eigenvalue weighted by Crippen LogP contribution is -2.12. The Bertz CT molecular complexity index is 1130. The average Bonchev–Trinajstić information content (AvgIpc) is 2.75. The summed E-state index contributed by atoms with van der Waals surface area (Å²) in [6.45, 7) is 2.68. The highest BCUT2D eigenvalue weighted by molar-refractivity contribution is 7.98. The Hall–Kier alpha value is -3.19. The van der Waals surface area contributed by atoms with Gasteiger partial charge in [0.05, 0.1) is 11.2 Å². The maximum absolute atomic E-state index is 5.93. The number of anilines is 2. The molecule has 6 nitrogen and oxygen atoms in total. The first kappa shape index (κ1) is 19.1. The topological polar surface area (TPSA) is 89.6 Å². The number of rotatable bonds is 6. The molecule has 0 spiro atoms. The molecule has 1 atom stereocenters. The summed E-state index contributed by atoms with van der Waals surface area (Å²) in [7, 11) is 0. The highest BCUT2D eigenvalue weighted by atomic mass is 32.2. The highest BCUT2D eigenvalue weighted by Crippen LogP contribution is 2.32. The maximum Gasteiger partial charge on any atom is 0.130 e. The van der Waals surface area contributed by atoms with Gasteiger partial charge in [0.15, 0.2) is 0 Å². The number of fused-ring (bicyclic) bond motifs is 1. The van der Waals surface area contributed by atoms with E-state index in [1.54, 1.807) is 18.1 Å². The molecule has 3 heterocycles. The van der Waals surface area contributed by atoms with Crippen LogP contribution in [0, 0.1) is 6.92 Å². The summed E-state index contributed by atoms with van der Waals surface area (Å²) in [4.78, 5) is 17.7. The van der Waals surface area contributed by atoms with E-state index in [2.05, 4.69) is 49.7 Å². The van der Waals surface area contributed by atoms with Gasteiger partial charge in [-0.2, -0.15) is 11.8 Å². The number of nitrogens with one attached hydrogen (secondary N) is 1. The minimum Gasteiger partial charge on any atom is -0.384 e. The molecule has 3 N–H and O–H groups in total. The molecule has 4 rings (SSSR count). The minimum absolute atomic E-state index is 0.201. The number of para-hydroxylation sites is 1. The summed E-state index contributed by atoms with van der Waals surface area (Å²) in [5.74, 6) is 1.31. The van der Waals surface area contributed by atoms with Crippen molar-refractivity contribution in [3.63, 3.8) is 0 Å². The largest absolute Gasteiger partial charge is 0.384 e. The van der Waals surface area contributed by atoms with Gasteiger partial charge in [0.2, 0.25) is 0 Å². The van der Waals surface area contributed by atoms with Crippen LogP contribution < -0.4 is 11.1 Å². The Kier molecular flexibility index (Phi) is 5.57. The van der Waals surface area contributed by atoms with Crippen molar-refractivity contribution >= 4 is 34.3 Å². The lowest BCUT2D eigenvalue weighted by Gasteiger charge is -2.18. The Labute approximate surface area is 174 Å². The van der Waals surface area contributed by atoms with Crippen molar-refractivity contribution < 1.29 is 0 Å². The molecular weight excluding hydrogens is 380 g/mol. The van der Waals surface area contributed by atoms with Gasteiger partial charge in [-0.1, -0.05) is 18.2 Å². The van der Waals surface area contributed by atoms with E-state index in [1.807, 2.05) is 43.5 Å². The van der Waals surface area contributed by atoms with E-state index in [9.17, 15) is 0 Å². The summed E-state index contributed by atoms with van der Waals surface area (Å²) in [5.41, 5.74) is 10.8. The highest BCUT2D eigenvalue weighted by Gasteiger charge is 2.15. The fraction of sp³-hybridized carbons (Fsp3) is 0.182. The van der Waals surface area contributed by atoms with Crippen molar-refractivity contribution in [3.8, 4) is 11.3 Å². The summed E-state index contributed by atoms with van der Waals surface area (Å²) in [6.07, 6.45) is 5.50. The molecular formula is C22H22N6S. The summed E-state index contributed by atoms with van der Waals surface area (Å²) in [6, 6.07) is 16.0. The number of benzene rings is 1. The van der Waals surface area contributed by atoms with Crippen LogP contribution in [-0.2, 0) is 0 Å². The smallest absolute Gasteiger partial charge is 0.130 e. The number of thioether (sulfide) groups is 1. The monoisotopic (exact) mass is 402 g/mol. The normalized spacial score (nSPS) is 12.1. The summed E-state index contributed by atoms with van der Waals surface area (Å²) >= 11 is 1.77. The fourth-order valence-corrected chi connectivity index (χ4v) is 3.89. The van der Waals surface area contributed by atoms with Gasteiger partial charge < -0.3 is 11.1 Å². The maximum atomic E-state index is 5.93. The number of hydrogen-bond donors (Lipinski definition) is 2. The van der Waals surface area contributed by atoms with E-state index >= 15 is 0 Å². The van der Waals surface area contributed by atoms with E-state index in [0.717, 1.165) is 39.2 Å². The third kappa shape index (κ3) is 4.30. The Balaban J connectivity index is 1.56. The molecule has 29 heavy (non-hydrogen) atoms. The molecule has 3 aromatic heterocycles. The van der Waals surface area contributed by atoms with Gasteiger partial charge >= 0.3 is 0 Å². The quantitative estimate of drug-likeness (QED) is 0.491. The minimum atomic E-state index is 0.201. The number of nitrogen functional groups attached to an aromatic ring is 1. The standard InChI is InChI=1S/C22H22N6S/c1-14-6-7-16(11-24-14)18-10-21(27-13-26-18)25-12-19(29-2)17-5-3-4-15-8-9-20(23)28-22(15)17/h3-11,13,19H,12H2,1-2H3,(H2,23,28)(H,25,26,27). The molecule has 0 amide bonds. The second-order valence-corrected chi connectivity index (χ2v) is 7.78. The van der Waals surface area contributed by atoms with Crippen molar-refractivity contribution in [1.29, 1.82) is 0 Å². The zero-order chi connectivity index (χ0) is 20.2. The molecule has 0 saturated carbocycles. The predicted molar refractivity (Wildman–Crippen MR) is 121 cm³/mol. The van der Waals surface area contributed by atoms with Gasteiger partial charge in [0, 0.05) is 40.7 Å². The second-order valence-electron chi connectivity index (χ2n) is 6.74. The number of pyridine rings is 2. The van der Waals surface area contributed by atoms with Gasteiger partial charge in [-0.25, -0.2) is 15.0 Å². The van der Waals surface area contributed by atoms with Crippen LogP contribution in [0.3, 0.4) is 0 Å². The lowest BCUT2D eigenvalue weighted by atomic mass is 10.1. The number of aromatic nitrogens is 4. The van der Waals surface area contributed by atoms with Crippen LogP contribution in [-0.4, -0.2) is 32.7 Å². The molecule has 1 aromatic carbocycles. The van der Waals surface area contributed by atoms with Gasteiger partial charge in [-0.3, -0.25) is 4.98 Å². The lowest BCUT2D eigenvalue weighted by molar-refractivity contribution is 0.981. The van der Waals surface area contributed by atoms with Crippen molar-refractivity contribution in [1.82, 2.24) is 19.9 Å². The van der Waals surface area contributed by atoms with E-state index in [-0.39, 0.29) is 5.25 Å². The van der Waals surface area contributed by atoms with Crippen molar-refractivity contribution in [2.24, 2.45) is 0 Å². The third-order valence-corrected chi connectivity index (χ3v) is 5.74. The first-order valence-electron chi connectivity index (χ1n) is 9.31. The number of nitrogens with two attached hydrogens (primary N) is 1. The molecule has 0 aliphatic rings. The molecule has 7 heteroatoms. The molecule has 0 fully saturated rings. The summed E-state index contributed by atoms with van der Waals surface area (Å²) in [5, 5.41) is 4.73. The van der Waals surface area contributed by atoms with Crippen molar-refractivity contribution in [3.05, 3.63) is 72.3 Å². The molecule has 0 radical (unpaired) electrons. The Morgan fingerprint density at radius 2 is 1.97 bits per heavy atom. The Morgan fingerprint density at radius 3 is 2.76 bits per heavy atom. The number of nitrogens with zero attached hydrogens (tertiary/aromatic N) is 4. The van der Waals surface area contributed by atoms with Crippen LogP contribution in [0.4, 0.5) is 11.6 Å². The van der Waals surface area contributed by atoms with E-state index in [0.29, 0.717) is 12.4 Å².